The van der Waals surface area contributed by atoms with E-state index in [-0.39, 0.29) is 16.9 Å². The molecule has 2 aliphatic heterocycles. The number of amides is 1. The molecular formula is C23H24N4O2. The number of aromatic amines is 1. The number of carbonyl (C=O) groups excluding carboxylic acids is 1. The Balaban J connectivity index is 1.52. The second-order valence-corrected chi connectivity index (χ2v) is 8.37. The lowest BCUT2D eigenvalue weighted by Gasteiger charge is -2.48. The van der Waals surface area contributed by atoms with Gasteiger partial charge in [-0.3, -0.25) is 9.59 Å². The van der Waals surface area contributed by atoms with E-state index in [0.717, 1.165) is 32.5 Å². The van der Waals surface area contributed by atoms with Crippen LogP contribution in [-0.4, -0.2) is 52.4 Å². The fourth-order valence-corrected chi connectivity index (χ4v) is 4.89. The van der Waals surface area contributed by atoms with Crippen molar-refractivity contribution in [2.24, 2.45) is 0 Å². The third kappa shape index (κ3) is 3.04. The Morgan fingerprint density at radius 1 is 1.14 bits per heavy atom. The number of nitrogens with one attached hydrogen (secondary N) is 1. The third-order valence-corrected chi connectivity index (χ3v) is 6.56. The van der Waals surface area contributed by atoms with Crippen molar-refractivity contribution in [1.29, 1.82) is 0 Å². The molecule has 0 radical (unpaired) electrons. The van der Waals surface area contributed by atoms with Crippen LogP contribution in [0.5, 0.6) is 0 Å². The molecule has 0 atom stereocenters. The van der Waals surface area contributed by atoms with Crippen LogP contribution >= 0.6 is 0 Å². The molecule has 5 rings (SSSR count). The van der Waals surface area contributed by atoms with E-state index < -0.39 is 0 Å². The van der Waals surface area contributed by atoms with Crippen molar-refractivity contribution in [2.45, 2.75) is 24.8 Å². The minimum Gasteiger partial charge on any atom is -0.333 e. The van der Waals surface area contributed by atoms with Crippen LogP contribution in [0.15, 0.2) is 53.6 Å². The Morgan fingerprint density at radius 2 is 1.93 bits per heavy atom. The highest BCUT2D eigenvalue weighted by atomic mass is 16.2. The van der Waals surface area contributed by atoms with E-state index in [1.54, 1.807) is 18.2 Å². The first kappa shape index (κ1) is 18.1. The number of fused-ring (bicyclic) bond motifs is 3. The maximum atomic E-state index is 13.4. The fraction of sp³-hybridized carbons (Fsp3) is 0.348. The number of rotatable bonds is 1. The molecule has 1 N–H and O–H groups in total. The summed E-state index contributed by atoms with van der Waals surface area (Å²) in [6.07, 6.45) is 3.49. The van der Waals surface area contributed by atoms with Gasteiger partial charge in [0.15, 0.2) is 0 Å². The summed E-state index contributed by atoms with van der Waals surface area (Å²) < 4.78 is 0. The first-order valence-corrected chi connectivity index (χ1v) is 10.1. The number of benzene rings is 2. The molecule has 3 heterocycles. The molecule has 1 amide bonds. The molecule has 6 nitrogen and oxygen atoms in total. The highest BCUT2D eigenvalue weighted by molar-refractivity contribution is 5.97. The first-order chi connectivity index (χ1) is 14.1. The van der Waals surface area contributed by atoms with Gasteiger partial charge >= 0.3 is 0 Å². The average molecular weight is 388 g/mol. The van der Waals surface area contributed by atoms with Crippen molar-refractivity contribution in [3.63, 3.8) is 0 Å². The number of carbonyl (C=O) groups is 1. The van der Waals surface area contributed by atoms with Gasteiger partial charge in [-0.1, -0.05) is 24.3 Å². The van der Waals surface area contributed by atoms with E-state index in [4.69, 9.17) is 0 Å². The van der Waals surface area contributed by atoms with Crippen molar-refractivity contribution in [2.75, 3.05) is 26.7 Å². The third-order valence-electron chi connectivity index (χ3n) is 6.56. The zero-order valence-electron chi connectivity index (χ0n) is 16.5. The summed E-state index contributed by atoms with van der Waals surface area (Å²) in [6.45, 7) is 3.43. The molecule has 1 aromatic heterocycles. The van der Waals surface area contributed by atoms with Crippen LogP contribution in [-0.2, 0) is 12.0 Å². The lowest BCUT2D eigenvalue weighted by Crippen LogP contribution is -2.52. The number of hydrogen-bond donors (Lipinski definition) is 1. The van der Waals surface area contributed by atoms with E-state index in [1.165, 1.54) is 17.5 Å². The monoisotopic (exact) mass is 388 g/mol. The van der Waals surface area contributed by atoms with Gasteiger partial charge in [-0.15, -0.1) is 0 Å². The summed E-state index contributed by atoms with van der Waals surface area (Å²) in [6, 6.07) is 13.7. The zero-order valence-corrected chi connectivity index (χ0v) is 16.5. The summed E-state index contributed by atoms with van der Waals surface area (Å²) in [5.74, 6) is 0.00166. The van der Waals surface area contributed by atoms with Crippen molar-refractivity contribution >= 4 is 16.8 Å². The van der Waals surface area contributed by atoms with Crippen molar-refractivity contribution in [3.05, 3.63) is 75.8 Å². The van der Waals surface area contributed by atoms with E-state index in [0.29, 0.717) is 23.0 Å². The molecule has 3 aromatic rings. The van der Waals surface area contributed by atoms with Gasteiger partial charge in [0.1, 0.15) is 0 Å². The molecular weight excluding hydrogens is 364 g/mol. The van der Waals surface area contributed by atoms with Crippen LogP contribution in [0.2, 0.25) is 0 Å². The number of H-pyrrole nitrogens is 1. The SMILES string of the molecule is CN1CCC2(CC1)CN(C(=O)c1ccc3c(=O)[nH]cnc3c1)Cc1ccccc12. The van der Waals surface area contributed by atoms with E-state index in [9.17, 15) is 9.59 Å². The summed E-state index contributed by atoms with van der Waals surface area (Å²) >= 11 is 0. The second kappa shape index (κ2) is 6.81. The van der Waals surface area contributed by atoms with Crippen molar-refractivity contribution < 1.29 is 4.79 Å². The molecule has 0 aliphatic carbocycles. The Hall–Kier alpha value is -2.99. The molecule has 148 valence electrons. The number of aromatic nitrogens is 2. The minimum absolute atomic E-state index is 0.00166. The van der Waals surface area contributed by atoms with Crippen LogP contribution in [0, 0.1) is 0 Å². The van der Waals surface area contributed by atoms with Gasteiger partial charge in [-0.25, -0.2) is 4.98 Å². The fourth-order valence-electron chi connectivity index (χ4n) is 4.89. The van der Waals surface area contributed by atoms with Crippen molar-refractivity contribution in [1.82, 2.24) is 19.8 Å². The van der Waals surface area contributed by atoms with Crippen LogP contribution in [0.4, 0.5) is 0 Å². The normalized spacial score (nSPS) is 18.7. The van der Waals surface area contributed by atoms with Gasteiger partial charge in [-0.05, 0) is 62.3 Å². The number of nitrogens with zero attached hydrogens (tertiary/aromatic N) is 3. The lowest BCUT2D eigenvalue weighted by molar-refractivity contribution is 0.0598. The summed E-state index contributed by atoms with van der Waals surface area (Å²) in [7, 11) is 2.16. The van der Waals surface area contributed by atoms with E-state index >= 15 is 0 Å². The number of likely N-dealkylation sites (tertiary alicyclic amines) is 1. The second-order valence-electron chi connectivity index (χ2n) is 8.37. The van der Waals surface area contributed by atoms with Gasteiger partial charge in [0, 0.05) is 24.1 Å². The Labute approximate surface area is 169 Å². The molecule has 1 saturated heterocycles. The van der Waals surface area contributed by atoms with Crippen LogP contribution in [0.25, 0.3) is 10.9 Å². The molecule has 1 spiro atoms. The molecule has 0 saturated carbocycles. The van der Waals surface area contributed by atoms with E-state index in [1.807, 2.05) is 4.90 Å². The predicted octanol–water partition coefficient (Wildman–Crippen LogP) is 2.54. The smallest absolute Gasteiger partial charge is 0.258 e. The first-order valence-electron chi connectivity index (χ1n) is 10.1. The Morgan fingerprint density at radius 3 is 2.76 bits per heavy atom. The van der Waals surface area contributed by atoms with E-state index in [2.05, 4.69) is 46.2 Å². The largest absolute Gasteiger partial charge is 0.333 e. The van der Waals surface area contributed by atoms with Gasteiger partial charge < -0.3 is 14.8 Å². The Bertz CT molecular complexity index is 1140. The molecule has 6 heteroatoms. The maximum absolute atomic E-state index is 13.4. The number of piperidine rings is 1. The van der Waals surface area contributed by atoms with Gasteiger partial charge in [0.2, 0.25) is 0 Å². The molecule has 29 heavy (non-hydrogen) atoms. The summed E-state index contributed by atoms with van der Waals surface area (Å²) in [4.78, 5) is 36.5. The maximum Gasteiger partial charge on any atom is 0.258 e. The van der Waals surface area contributed by atoms with Gasteiger partial charge in [-0.2, -0.15) is 0 Å². The number of hydrogen-bond acceptors (Lipinski definition) is 4. The van der Waals surface area contributed by atoms with Gasteiger partial charge in [0.25, 0.3) is 11.5 Å². The zero-order chi connectivity index (χ0) is 20.0. The molecule has 0 unspecified atom stereocenters. The molecule has 0 bridgehead atoms. The molecule has 2 aliphatic rings. The van der Waals surface area contributed by atoms with Crippen LogP contribution in [0.3, 0.4) is 0 Å². The molecule has 1 fully saturated rings. The topological polar surface area (TPSA) is 69.3 Å². The van der Waals surface area contributed by atoms with Crippen LogP contribution in [0.1, 0.15) is 34.3 Å². The average Bonchev–Trinajstić information content (AvgIpc) is 2.75. The van der Waals surface area contributed by atoms with Crippen LogP contribution < -0.4 is 5.56 Å². The standard InChI is InChI=1S/C23H24N4O2/c1-26-10-8-23(9-11-26)14-27(13-17-4-2-3-5-19(17)23)22(29)16-6-7-18-20(12-16)24-15-25-21(18)28/h2-7,12,15H,8-11,13-14H2,1H3,(H,24,25,28). The lowest BCUT2D eigenvalue weighted by atomic mass is 9.69. The highest BCUT2D eigenvalue weighted by Gasteiger charge is 2.42. The highest BCUT2D eigenvalue weighted by Crippen LogP contribution is 2.41. The Kier molecular flexibility index (Phi) is 4.24. The minimum atomic E-state index is -0.189. The summed E-state index contributed by atoms with van der Waals surface area (Å²) in [5.41, 5.74) is 3.61. The van der Waals surface area contributed by atoms with Gasteiger partial charge in [0.05, 0.1) is 17.2 Å². The molecule has 2 aromatic carbocycles. The quantitative estimate of drug-likeness (QED) is 0.696. The van der Waals surface area contributed by atoms with Crippen molar-refractivity contribution in [3.8, 4) is 0 Å². The predicted molar refractivity (Wildman–Crippen MR) is 112 cm³/mol. The summed E-state index contributed by atoms with van der Waals surface area (Å²) in [5, 5.41) is 0.500.